The number of aryl methyl sites for hydroxylation is 3. The molecule has 0 radical (unpaired) electrons. The number of hydrogen-bond donors (Lipinski definition) is 2. The van der Waals surface area contributed by atoms with Gasteiger partial charge >= 0.3 is 0 Å². The second kappa shape index (κ2) is 6.12. The molecule has 0 aliphatic rings. The quantitative estimate of drug-likeness (QED) is 0.907. The van der Waals surface area contributed by atoms with Gasteiger partial charge in [-0.25, -0.2) is 0 Å². The van der Waals surface area contributed by atoms with Gasteiger partial charge in [0, 0.05) is 18.0 Å². The van der Waals surface area contributed by atoms with E-state index in [9.17, 15) is 9.59 Å². The van der Waals surface area contributed by atoms with E-state index >= 15 is 0 Å². The van der Waals surface area contributed by atoms with E-state index in [1.807, 2.05) is 39.8 Å². The van der Waals surface area contributed by atoms with Gasteiger partial charge in [0.05, 0.1) is 5.52 Å². The van der Waals surface area contributed by atoms with Crippen LogP contribution in [0.2, 0.25) is 0 Å². The molecule has 2 N–H and O–H groups in total. The fraction of sp³-hybridized carbons (Fsp3) is 0.412. The van der Waals surface area contributed by atoms with Crippen LogP contribution in [0.25, 0.3) is 10.9 Å². The Labute approximate surface area is 124 Å². The molecule has 0 saturated carbocycles. The van der Waals surface area contributed by atoms with Gasteiger partial charge in [-0.15, -0.1) is 0 Å². The minimum atomic E-state index is -0.105. The second-order valence-electron chi connectivity index (χ2n) is 5.89. The van der Waals surface area contributed by atoms with Gasteiger partial charge in [0.1, 0.15) is 0 Å². The molecule has 0 fully saturated rings. The van der Waals surface area contributed by atoms with Crippen molar-refractivity contribution in [3.63, 3.8) is 0 Å². The minimum absolute atomic E-state index is 0.0232. The molecule has 1 amide bonds. The van der Waals surface area contributed by atoms with E-state index in [4.69, 9.17) is 0 Å². The average molecular weight is 286 g/mol. The van der Waals surface area contributed by atoms with Gasteiger partial charge in [0.15, 0.2) is 0 Å². The maximum Gasteiger partial charge on any atom is 0.251 e. The lowest BCUT2D eigenvalue weighted by Gasteiger charge is -2.09. The number of aromatic nitrogens is 1. The number of carbonyl (C=O) groups excluding carboxylic acids is 1. The first kappa shape index (κ1) is 15.3. The Morgan fingerprint density at radius 3 is 2.62 bits per heavy atom. The summed E-state index contributed by atoms with van der Waals surface area (Å²) in [6.45, 7) is 7.87. The van der Waals surface area contributed by atoms with Crippen molar-refractivity contribution >= 4 is 16.8 Å². The number of amides is 1. The maximum absolute atomic E-state index is 12.1. The molecular weight excluding hydrogens is 264 g/mol. The smallest absolute Gasteiger partial charge is 0.251 e. The number of carbonyl (C=O) groups is 1. The molecule has 2 rings (SSSR count). The number of nitrogens with one attached hydrogen (secondary N) is 2. The van der Waals surface area contributed by atoms with Crippen LogP contribution >= 0.6 is 0 Å². The summed E-state index contributed by atoms with van der Waals surface area (Å²) in [5.41, 5.74) is 3.65. The topological polar surface area (TPSA) is 62.0 Å². The van der Waals surface area contributed by atoms with Crippen molar-refractivity contribution in [2.45, 2.75) is 46.6 Å². The van der Waals surface area contributed by atoms with Crippen molar-refractivity contribution in [2.75, 3.05) is 0 Å². The molecule has 0 spiro atoms. The van der Waals surface area contributed by atoms with E-state index in [1.165, 1.54) is 0 Å². The highest BCUT2D eigenvalue weighted by Gasteiger charge is 2.09. The normalized spacial score (nSPS) is 11.1. The van der Waals surface area contributed by atoms with E-state index in [0.29, 0.717) is 18.4 Å². The van der Waals surface area contributed by atoms with E-state index in [0.717, 1.165) is 22.0 Å². The highest BCUT2D eigenvalue weighted by molar-refractivity contribution is 5.83. The van der Waals surface area contributed by atoms with E-state index in [-0.39, 0.29) is 17.5 Å². The van der Waals surface area contributed by atoms with Crippen molar-refractivity contribution in [1.82, 2.24) is 10.3 Å². The molecule has 0 unspecified atom stereocenters. The summed E-state index contributed by atoms with van der Waals surface area (Å²) in [7, 11) is 0. The van der Waals surface area contributed by atoms with Gasteiger partial charge in [-0.1, -0.05) is 11.6 Å². The van der Waals surface area contributed by atoms with Crippen LogP contribution in [0.15, 0.2) is 23.0 Å². The fourth-order valence-corrected chi connectivity index (χ4v) is 2.56. The predicted molar refractivity (Wildman–Crippen MR) is 85.6 cm³/mol. The third kappa shape index (κ3) is 3.72. The molecule has 1 aromatic heterocycles. The Hall–Kier alpha value is -2.10. The van der Waals surface area contributed by atoms with Crippen LogP contribution in [0.1, 0.15) is 37.0 Å². The summed E-state index contributed by atoms with van der Waals surface area (Å²) in [6.07, 6.45) is 0.786. The zero-order chi connectivity index (χ0) is 15.6. The number of hydrogen-bond acceptors (Lipinski definition) is 2. The SMILES string of the molecule is Cc1cc(C)c2[nH]c(=O)c(CCC(=O)NC(C)C)cc2c1. The van der Waals surface area contributed by atoms with Gasteiger partial charge in [-0.3, -0.25) is 9.59 Å². The Morgan fingerprint density at radius 1 is 1.24 bits per heavy atom. The molecule has 4 nitrogen and oxygen atoms in total. The van der Waals surface area contributed by atoms with E-state index < -0.39 is 0 Å². The van der Waals surface area contributed by atoms with Crippen LogP contribution in [0.3, 0.4) is 0 Å². The van der Waals surface area contributed by atoms with Crippen molar-refractivity contribution < 1.29 is 4.79 Å². The van der Waals surface area contributed by atoms with Gasteiger partial charge in [0.2, 0.25) is 5.91 Å². The van der Waals surface area contributed by atoms with Crippen LogP contribution in [0.5, 0.6) is 0 Å². The highest BCUT2D eigenvalue weighted by atomic mass is 16.1. The highest BCUT2D eigenvalue weighted by Crippen LogP contribution is 2.18. The van der Waals surface area contributed by atoms with Gasteiger partial charge in [0.25, 0.3) is 5.56 Å². The fourth-order valence-electron chi connectivity index (χ4n) is 2.56. The van der Waals surface area contributed by atoms with Crippen LogP contribution < -0.4 is 10.9 Å². The summed E-state index contributed by atoms with van der Waals surface area (Å²) in [6, 6.07) is 6.12. The zero-order valence-corrected chi connectivity index (χ0v) is 13.0. The number of pyridine rings is 1. The summed E-state index contributed by atoms with van der Waals surface area (Å²) in [5, 5.41) is 3.86. The molecule has 21 heavy (non-hydrogen) atoms. The minimum Gasteiger partial charge on any atom is -0.354 e. The molecule has 1 aromatic carbocycles. The maximum atomic E-state index is 12.1. The van der Waals surface area contributed by atoms with Crippen molar-refractivity contribution in [1.29, 1.82) is 0 Å². The largest absolute Gasteiger partial charge is 0.354 e. The third-order valence-corrected chi connectivity index (χ3v) is 3.44. The van der Waals surface area contributed by atoms with Gasteiger partial charge in [-0.2, -0.15) is 0 Å². The van der Waals surface area contributed by atoms with E-state index in [2.05, 4.69) is 16.4 Å². The first-order chi connectivity index (χ1) is 9.86. The zero-order valence-electron chi connectivity index (χ0n) is 13.0. The van der Waals surface area contributed by atoms with Crippen LogP contribution in [-0.4, -0.2) is 16.9 Å². The standard InChI is InChI=1S/C17H22N2O2/c1-10(2)18-15(20)6-5-13-9-14-8-11(3)7-12(4)16(14)19-17(13)21/h7-10H,5-6H2,1-4H3,(H,18,20)(H,19,21). The van der Waals surface area contributed by atoms with Crippen LogP contribution in [0, 0.1) is 13.8 Å². The number of H-pyrrole nitrogens is 1. The van der Waals surface area contributed by atoms with Crippen LogP contribution in [0.4, 0.5) is 0 Å². The monoisotopic (exact) mass is 286 g/mol. The van der Waals surface area contributed by atoms with Crippen molar-refractivity contribution in [2.24, 2.45) is 0 Å². The Balaban J connectivity index is 2.27. The molecule has 4 heteroatoms. The van der Waals surface area contributed by atoms with Crippen molar-refractivity contribution in [3.8, 4) is 0 Å². The van der Waals surface area contributed by atoms with E-state index in [1.54, 1.807) is 0 Å². The lowest BCUT2D eigenvalue weighted by molar-refractivity contribution is -0.121. The molecule has 1 heterocycles. The Morgan fingerprint density at radius 2 is 1.95 bits per heavy atom. The number of aromatic amines is 1. The lowest BCUT2D eigenvalue weighted by Crippen LogP contribution is -2.30. The predicted octanol–water partition coefficient (Wildman–Crippen LogP) is 2.60. The molecule has 112 valence electrons. The molecule has 0 bridgehead atoms. The molecule has 0 aliphatic heterocycles. The summed E-state index contributed by atoms with van der Waals surface area (Å²) >= 11 is 0. The average Bonchev–Trinajstić information content (AvgIpc) is 2.36. The number of rotatable bonds is 4. The summed E-state index contributed by atoms with van der Waals surface area (Å²) in [4.78, 5) is 26.7. The second-order valence-corrected chi connectivity index (χ2v) is 5.89. The number of benzene rings is 1. The van der Waals surface area contributed by atoms with Crippen molar-refractivity contribution in [3.05, 3.63) is 45.2 Å². The molecular formula is C17H22N2O2. The first-order valence-electron chi connectivity index (χ1n) is 7.29. The molecule has 0 atom stereocenters. The van der Waals surface area contributed by atoms with Crippen LogP contribution in [-0.2, 0) is 11.2 Å². The summed E-state index contributed by atoms with van der Waals surface area (Å²) < 4.78 is 0. The summed E-state index contributed by atoms with van der Waals surface area (Å²) in [5.74, 6) is -0.0232. The molecule has 2 aromatic rings. The number of fused-ring (bicyclic) bond motifs is 1. The van der Waals surface area contributed by atoms with Gasteiger partial charge in [-0.05, 0) is 57.2 Å². The van der Waals surface area contributed by atoms with Gasteiger partial charge < -0.3 is 10.3 Å². The third-order valence-electron chi connectivity index (χ3n) is 3.44. The Kier molecular flexibility index (Phi) is 4.46. The molecule has 0 aliphatic carbocycles. The molecule has 0 saturated heterocycles. The lowest BCUT2D eigenvalue weighted by atomic mass is 10.0. The first-order valence-corrected chi connectivity index (χ1v) is 7.29. The Bertz CT molecular complexity index is 729.